The summed E-state index contributed by atoms with van der Waals surface area (Å²) in [5.74, 6) is 1.35. The van der Waals surface area contributed by atoms with Gasteiger partial charge >= 0.3 is 0 Å². The van der Waals surface area contributed by atoms with Crippen LogP contribution in [0.4, 0.5) is 5.69 Å². The van der Waals surface area contributed by atoms with Crippen LogP contribution in [-0.4, -0.2) is 20.1 Å². The minimum Gasteiger partial charge on any atom is -0.493 e. The van der Waals surface area contributed by atoms with Crippen molar-refractivity contribution in [2.75, 3.05) is 19.5 Å². The second kappa shape index (κ2) is 7.71. The minimum atomic E-state index is -0.00920. The van der Waals surface area contributed by atoms with Gasteiger partial charge in [-0.3, -0.25) is 4.79 Å². The van der Waals surface area contributed by atoms with E-state index in [0.717, 1.165) is 22.0 Å². The fraction of sp³-hybridized carbons (Fsp3) is 0.190. The van der Waals surface area contributed by atoms with E-state index in [1.807, 2.05) is 54.6 Å². The third-order valence-corrected chi connectivity index (χ3v) is 4.12. The Hall–Kier alpha value is -3.01. The van der Waals surface area contributed by atoms with Gasteiger partial charge in [0, 0.05) is 12.1 Å². The van der Waals surface area contributed by atoms with Crippen molar-refractivity contribution in [3.63, 3.8) is 0 Å². The van der Waals surface area contributed by atoms with E-state index in [0.29, 0.717) is 24.3 Å². The maximum absolute atomic E-state index is 12.2. The third-order valence-electron chi connectivity index (χ3n) is 4.12. The van der Waals surface area contributed by atoms with Crippen molar-refractivity contribution >= 4 is 22.4 Å². The van der Waals surface area contributed by atoms with Crippen LogP contribution < -0.4 is 14.8 Å². The van der Waals surface area contributed by atoms with E-state index >= 15 is 0 Å². The average Bonchev–Trinajstić information content (AvgIpc) is 2.66. The predicted molar refractivity (Wildman–Crippen MR) is 100 cm³/mol. The summed E-state index contributed by atoms with van der Waals surface area (Å²) >= 11 is 0. The van der Waals surface area contributed by atoms with Crippen molar-refractivity contribution in [2.24, 2.45) is 0 Å². The number of nitrogens with one attached hydrogen (secondary N) is 1. The number of benzene rings is 3. The summed E-state index contributed by atoms with van der Waals surface area (Å²) in [7, 11) is 3.21. The van der Waals surface area contributed by atoms with Gasteiger partial charge in [0.15, 0.2) is 11.5 Å². The van der Waals surface area contributed by atoms with Crippen molar-refractivity contribution in [2.45, 2.75) is 12.8 Å². The van der Waals surface area contributed by atoms with Gasteiger partial charge < -0.3 is 14.8 Å². The molecule has 0 fully saturated rings. The third kappa shape index (κ3) is 4.10. The topological polar surface area (TPSA) is 47.6 Å². The summed E-state index contributed by atoms with van der Waals surface area (Å²) in [4.78, 5) is 12.2. The first-order valence-electron chi connectivity index (χ1n) is 8.19. The lowest BCUT2D eigenvalue weighted by Gasteiger charge is -2.10. The Kier molecular flexibility index (Phi) is 5.19. The lowest BCUT2D eigenvalue weighted by Crippen LogP contribution is -2.12. The molecule has 0 unspecified atom stereocenters. The molecular formula is C21H21NO3. The lowest BCUT2D eigenvalue weighted by molar-refractivity contribution is -0.116. The zero-order valence-corrected chi connectivity index (χ0v) is 14.4. The molecule has 25 heavy (non-hydrogen) atoms. The second-order valence-electron chi connectivity index (χ2n) is 5.80. The van der Waals surface area contributed by atoms with Crippen LogP contribution >= 0.6 is 0 Å². The van der Waals surface area contributed by atoms with Gasteiger partial charge in [-0.2, -0.15) is 0 Å². The Bertz CT molecular complexity index is 889. The van der Waals surface area contributed by atoms with E-state index in [9.17, 15) is 4.79 Å². The molecule has 3 aromatic carbocycles. The summed E-state index contributed by atoms with van der Waals surface area (Å²) < 4.78 is 10.5. The summed E-state index contributed by atoms with van der Waals surface area (Å²) in [6, 6.07) is 19.7. The monoisotopic (exact) mass is 335 g/mol. The van der Waals surface area contributed by atoms with Gasteiger partial charge in [-0.1, -0.05) is 36.4 Å². The average molecular weight is 335 g/mol. The maximum atomic E-state index is 12.2. The molecule has 0 atom stereocenters. The number of fused-ring (bicyclic) bond motifs is 1. The quantitative estimate of drug-likeness (QED) is 0.725. The number of carbonyl (C=O) groups excluding carboxylic acids is 1. The number of ether oxygens (including phenoxy) is 2. The van der Waals surface area contributed by atoms with E-state index in [1.165, 1.54) is 0 Å². The zero-order chi connectivity index (χ0) is 17.6. The fourth-order valence-corrected chi connectivity index (χ4v) is 2.78. The van der Waals surface area contributed by atoms with Crippen molar-refractivity contribution in [3.8, 4) is 11.5 Å². The molecule has 128 valence electrons. The Morgan fingerprint density at radius 2 is 1.64 bits per heavy atom. The number of anilines is 1. The van der Waals surface area contributed by atoms with Crippen LogP contribution in [0.15, 0.2) is 60.7 Å². The summed E-state index contributed by atoms with van der Waals surface area (Å²) in [5.41, 5.74) is 1.85. The molecular weight excluding hydrogens is 314 g/mol. The maximum Gasteiger partial charge on any atom is 0.224 e. The fourth-order valence-electron chi connectivity index (χ4n) is 2.78. The van der Waals surface area contributed by atoms with Crippen molar-refractivity contribution < 1.29 is 14.3 Å². The number of hydrogen-bond donors (Lipinski definition) is 1. The van der Waals surface area contributed by atoms with E-state index in [-0.39, 0.29) is 5.91 Å². The first kappa shape index (κ1) is 16.8. The van der Waals surface area contributed by atoms with Gasteiger partial charge in [0.2, 0.25) is 5.91 Å². The molecule has 0 spiro atoms. The van der Waals surface area contributed by atoms with Gasteiger partial charge in [0.25, 0.3) is 0 Å². The van der Waals surface area contributed by atoms with Crippen LogP contribution in [0.2, 0.25) is 0 Å². The Morgan fingerprint density at radius 1 is 0.880 bits per heavy atom. The normalized spacial score (nSPS) is 10.5. The van der Waals surface area contributed by atoms with E-state index < -0.39 is 0 Å². The Balaban J connectivity index is 1.62. The highest BCUT2D eigenvalue weighted by Gasteiger charge is 2.07. The number of hydrogen-bond acceptors (Lipinski definition) is 3. The number of rotatable bonds is 6. The molecule has 0 radical (unpaired) electrons. The number of aryl methyl sites for hydroxylation is 1. The molecule has 0 aliphatic heterocycles. The highest BCUT2D eigenvalue weighted by atomic mass is 16.5. The molecule has 3 aromatic rings. The highest BCUT2D eigenvalue weighted by Crippen LogP contribution is 2.28. The first-order valence-corrected chi connectivity index (χ1v) is 8.19. The Morgan fingerprint density at radius 3 is 2.40 bits per heavy atom. The van der Waals surface area contributed by atoms with Crippen LogP contribution in [0.3, 0.4) is 0 Å². The highest BCUT2D eigenvalue weighted by molar-refractivity contribution is 5.94. The largest absolute Gasteiger partial charge is 0.493 e. The van der Waals surface area contributed by atoms with Crippen LogP contribution in [-0.2, 0) is 11.2 Å². The molecule has 0 heterocycles. The van der Waals surface area contributed by atoms with Gasteiger partial charge in [-0.25, -0.2) is 0 Å². The summed E-state index contributed by atoms with van der Waals surface area (Å²) in [6.45, 7) is 0. The Labute approximate surface area is 147 Å². The number of methoxy groups -OCH3 is 2. The zero-order valence-electron chi connectivity index (χ0n) is 14.4. The standard InChI is InChI=1S/C21H21NO3/c1-24-19-11-7-15(13-20(19)25-2)8-12-21(23)22-18-10-9-16-5-3-4-6-17(16)14-18/h3-7,9-11,13-14H,8,12H2,1-2H3,(H,22,23). The molecule has 0 aliphatic carbocycles. The molecule has 4 nitrogen and oxygen atoms in total. The minimum absolute atomic E-state index is 0.00920. The molecule has 0 bridgehead atoms. The SMILES string of the molecule is COc1ccc(CCC(=O)Nc2ccc3ccccc3c2)cc1OC. The van der Waals surface area contributed by atoms with Crippen molar-refractivity contribution in [3.05, 3.63) is 66.2 Å². The lowest BCUT2D eigenvalue weighted by atomic mass is 10.1. The van der Waals surface area contributed by atoms with Gasteiger partial charge in [-0.05, 0) is 47.0 Å². The van der Waals surface area contributed by atoms with Gasteiger partial charge in [0.1, 0.15) is 0 Å². The second-order valence-corrected chi connectivity index (χ2v) is 5.80. The van der Waals surface area contributed by atoms with E-state index in [1.54, 1.807) is 14.2 Å². The summed E-state index contributed by atoms with van der Waals surface area (Å²) in [6.07, 6.45) is 1.04. The molecule has 1 amide bonds. The van der Waals surface area contributed by atoms with Gasteiger partial charge in [-0.15, -0.1) is 0 Å². The predicted octanol–water partition coefficient (Wildman–Crippen LogP) is 4.43. The molecule has 0 aliphatic rings. The first-order chi connectivity index (χ1) is 12.2. The van der Waals surface area contributed by atoms with Crippen LogP contribution in [0, 0.1) is 0 Å². The van der Waals surface area contributed by atoms with Crippen molar-refractivity contribution in [1.82, 2.24) is 0 Å². The molecule has 3 rings (SSSR count). The molecule has 1 N–H and O–H groups in total. The van der Waals surface area contributed by atoms with Gasteiger partial charge in [0.05, 0.1) is 14.2 Å². The number of amides is 1. The van der Waals surface area contributed by atoms with E-state index in [4.69, 9.17) is 9.47 Å². The molecule has 0 aromatic heterocycles. The molecule has 0 saturated heterocycles. The summed E-state index contributed by atoms with van der Waals surface area (Å²) in [5, 5.41) is 5.23. The van der Waals surface area contributed by atoms with Crippen molar-refractivity contribution in [1.29, 1.82) is 0 Å². The van der Waals surface area contributed by atoms with Crippen LogP contribution in [0.25, 0.3) is 10.8 Å². The molecule has 4 heteroatoms. The molecule has 0 saturated carbocycles. The van der Waals surface area contributed by atoms with Crippen LogP contribution in [0.1, 0.15) is 12.0 Å². The number of carbonyl (C=O) groups is 1. The van der Waals surface area contributed by atoms with E-state index in [2.05, 4.69) is 11.4 Å². The van der Waals surface area contributed by atoms with Crippen LogP contribution in [0.5, 0.6) is 11.5 Å². The smallest absolute Gasteiger partial charge is 0.224 e.